The maximum atomic E-state index is 5.97. The molecule has 0 aliphatic heterocycles. The minimum atomic E-state index is 0. The lowest BCUT2D eigenvalue weighted by atomic mass is 10.2. The van der Waals surface area contributed by atoms with E-state index in [0.29, 0.717) is 19.0 Å². The summed E-state index contributed by atoms with van der Waals surface area (Å²) < 4.78 is 5.97. The highest BCUT2D eigenvalue weighted by atomic mass is 127. The number of aliphatic imine (C=N–C) groups is 1. The third-order valence-corrected chi connectivity index (χ3v) is 5.25. The number of thiazole rings is 1. The van der Waals surface area contributed by atoms with Gasteiger partial charge in [0.2, 0.25) is 0 Å². The second-order valence-electron chi connectivity index (χ2n) is 6.96. The minimum absolute atomic E-state index is 0. The van der Waals surface area contributed by atoms with E-state index < -0.39 is 0 Å². The van der Waals surface area contributed by atoms with Crippen molar-refractivity contribution in [1.82, 2.24) is 15.6 Å². The Morgan fingerprint density at radius 3 is 2.67 bits per heavy atom. The third-order valence-electron chi connectivity index (χ3n) is 4.38. The van der Waals surface area contributed by atoms with E-state index in [9.17, 15) is 0 Å². The molecular formula is C20H29IN4OS. The number of benzene rings is 1. The molecule has 0 bridgehead atoms. The molecule has 27 heavy (non-hydrogen) atoms. The molecule has 5 nitrogen and oxygen atoms in total. The zero-order chi connectivity index (χ0) is 18.4. The summed E-state index contributed by atoms with van der Waals surface area (Å²) in [7, 11) is 1.78. The third kappa shape index (κ3) is 6.95. The molecule has 0 unspecified atom stereocenters. The number of aromatic nitrogens is 1. The number of halogens is 1. The van der Waals surface area contributed by atoms with Crippen molar-refractivity contribution in [1.29, 1.82) is 0 Å². The summed E-state index contributed by atoms with van der Waals surface area (Å²) in [6, 6.07) is 8.20. The summed E-state index contributed by atoms with van der Waals surface area (Å²) in [5, 5.41) is 9.90. The van der Waals surface area contributed by atoms with E-state index in [0.717, 1.165) is 40.5 Å². The van der Waals surface area contributed by atoms with Gasteiger partial charge in [0.05, 0.1) is 18.8 Å². The lowest BCUT2D eigenvalue weighted by Gasteiger charge is -2.14. The summed E-state index contributed by atoms with van der Waals surface area (Å²) in [4.78, 5) is 8.95. The van der Waals surface area contributed by atoms with Crippen LogP contribution in [0, 0.1) is 5.92 Å². The van der Waals surface area contributed by atoms with E-state index in [4.69, 9.17) is 4.74 Å². The summed E-state index contributed by atoms with van der Waals surface area (Å²) in [5.74, 6) is 2.94. The number of nitrogens with zero attached hydrogens (tertiary/aromatic N) is 2. The van der Waals surface area contributed by atoms with Gasteiger partial charge in [-0.15, -0.1) is 35.3 Å². The van der Waals surface area contributed by atoms with Gasteiger partial charge in [-0.05, 0) is 30.7 Å². The molecule has 7 heteroatoms. The van der Waals surface area contributed by atoms with E-state index in [1.54, 1.807) is 18.4 Å². The Morgan fingerprint density at radius 2 is 2.00 bits per heavy atom. The second kappa shape index (κ2) is 10.8. The number of guanidine groups is 1. The van der Waals surface area contributed by atoms with Gasteiger partial charge in [0.15, 0.2) is 5.96 Å². The van der Waals surface area contributed by atoms with Crippen LogP contribution in [0.5, 0.6) is 5.75 Å². The molecule has 1 fully saturated rings. The van der Waals surface area contributed by atoms with Crippen LogP contribution < -0.4 is 15.4 Å². The van der Waals surface area contributed by atoms with E-state index in [-0.39, 0.29) is 24.0 Å². The van der Waals surface area contributed by atoms with Gasteiger partial charge in [0.1, 0.15) is 10.8 Å². The topological polar surface area (TPSA) is 58.5 Å². The molecule has 1 heterocycles. The number of ether oxygens (including phenoxy) is 1. The van der Waals surface area contributed by atoms with Crippen molar-refractivity contribution in [2.75, 3.05) is 13.7 Å². The van der Waals surface area contributed by atoms with Crippen LogP contribution in [0.25, 0.3) is 0 Å². The van der Waals surface area contributed by atoms with E-state index >= 15 is 0 Å². The molecule has 1 aromatic carbocycles. The van der Waals surface area contributed by atoms with Crippen molar-refractivity contribution < 1.29 is 4.74 Å². The highest BCUT2D eigenvalue weighted by Crippen LogP contribution is 2.30. The zero-order valence-corrected chi connectivity index (χ0v) is 19.3. The van der Waals surface area contributed by atoms with Gasteiger partial charge in [0, 0.05) is 24.5 Å². The SMILES string of the molecule is CN=C(NCc1nc(C(C)C)cs1)NCc1ccccc1OCC1CC1.I. The van der Waals surface area contributed by atoms with Crippen molar-refractivity contribution in [2.45, 2.75) is 45.7 Å². The van der Waals surface area contributed by atoms with Crippen LogP contribution in [0.2, 0.25) is 0 Å². The second-order valence-corrected chi connectivity index (χ2v) is 7.90. The fourth-order valence-electron chi connectivity index (χ4n) is 2.51. The van der Waals surface area contributed by atoms with Gasteiger partial charge >= 0.3 is 0 Å². The summed E-state index contributed by atoms with van der Waals surface area (Å²) >= 11 is 1.69. The van der Waals surface area contributed by atoms with Crippen molar-refractivity contribution in [3.63, 3.8) is 0 Å². The molecule has 1 saturated carbocycles. The van der Waals surface area contributed by atoms with Gasteiger partial charge in [-0.1, -0.05) is 32.0 Å². The van der Waals surface area contributed by atoms with Gasteiger partial charge in [0.25, 0.3) is 0 Å². The Labute approximate surface area is 183 Å². The predicted molar refractivity (Wildman–Crippen MR) is 123 cm³/mol. The lowest BCUT2D eigenvalue weighted by Crippen LogP contribution is -2.36. The van der Waals surface area contributed by atoms with Crippen LogP contribution in [-0.2, 0) is 13.1 Å². The molecule has 1 aromatic heterocycles. The summed E-state index contributed by atoms with van der Waals surface area (Å²) in [6.07, 6.45) is 2.60. The Kier molecular flexibility index (Phi) is 8.82. The van der Waals surface area contributed by atoms with Crippen molar-refractivity contribution in [3.05, 3.63) is 45.9 Å². The van der Waals surface area contributed by atoms with Gasteiger partial charge < -0.3 is 15.4 Å². The van der Waals surface area contributed by atoms with E-state index in [1.165, 1.54) is 12.8 Å². The first-order valence-electron chi connectivity index (χ1n) is 9.25. The Bertz CT molecular complexity index is 743. The number of hydrogen-bond donors (Lipinski definition) is 2. The van der Waals surface area contributed by atoms with Crippen LogP contribution in [0.4, 0.5) is 0 Å². The first-order valence-corrected chi connectivity index (χ1v) is 10.1. The monoisotopic (exact) mass is 500 g/mol. The van der Waals surface area contributed by atoms with E-state index in [2.05, 4.69) is 45.9 Å². The zero-order valence-electron chi connectivity index (χ0n) is 16.2. The first kappa shape index (κ1) is 21.9. The van der Waals surface area contributed by atoms with Crippen LogP contribution in [0.1, 0.15) is 48.9 Å². The molecule has 0 saturated heterocycles. The first-order chi connectivity index (χ1) is 12.7. The average Bonchev–Trinajstić information content (AvgIpc) is 3.36. The number of para-hydroxylation sites is 1. The highest BCUT2D eigenvalue weighted by molar-refractivity contribution is 14.0. The number of hydrogen-bond acceptors (Lipinski definition) is 4. The molecule has 2 aromatic rings. The van der Waals surface area contributed by atoms with Crippen LogP contribution in [0.15, 0.2) is 34.6 Å². The Balaban J connectivity index is 0.00000261. The lowest BCUT2D eigenvalue weighted by molar-refractivity contribution is 0.296. The predicted octanol–water partition coefficient (Wildman–Crippen LogP) is 4.54. The summed E-state index contributed by atoms with van der Waals surface area (Å²) in [6.45, 7) is 6.50. The molecule has 0 radical (unpaired) electrons. The van der Waals surface area contributed by atoms with Crippen LogP contribution >= 0.6 is 35.3 Å². The molecule has 0 atom stereocenters. The van der Waals surface area contributed by atoms with Crippen LogP contribution in [0.3, 0.4) is 0 Å². The quantitative estimate of drug-likeness (QED) is 0.318. The standard InChI is InChI=1S/C20H28N4OS.HI/c1-14(2)17-13-26-19(24-17)11-23-20(21-3)22-10-16-6-4-5-7-18(16)25-12-15-8-9-15;/h4-7,13-15H,8-12H2,1-3H3,(H2,21,22,23);1H. The number of rotatable bonds is 8. The van der Waals surface area contributed by atoms with E-state index in [1.807, 2.05) is 18.2 Å². The largest absolute Gasteiger partial charge is 0.493 e. The van der Waals surface area contributed by atoms with Crippen LogP contribution in [-0.4, -0.2) is 24.6 Å². The maximum Gasteiger partial charge on any atom is 0.191 e. The van der Waals surface area contributed by atoms with Crippen molar-refractivity contribution in [3.8, 4) is 5.75 Å². The molecule has 0 spiro atoms. The molecule has 2 N–H and O–H groups in total. The molecule has 1 aliphatic rings. The normalized spacial score (nSPS) is 14.0. The summed E-state index contributed by atoms with van der Waals surface area (Å²) in [5.41, 5.74) is 2.30. The molecule has 3 rings (SSSR count). The minimum Gasteiger partial charge on any atom is -0.493 e. The average molecular weight is 500 g/mol. The molecule has 148 valence electrons. The number of nitrogens with one attached hydrogen (secondary N) is 2. The van der Waals surface area contributed by atoms with Crippen molar-refractivity contribution >= 4 is 41.3 Å². The maximum absolute atomic E-state index is 5.97. The smallest absolute Gasteiger partial charge is 0.191 e. The Hall–Kier alpha value is -1.35. The fourth-order valence-corrected chi connectivity index (χ4v) is 3.41. The van der Waals surface area contributed by atoms with Gasteiger partial charge in [-0.2, -0.15) is 0 Å². The highest BCUT2D eigenvalue weighted by Gasteiger charge is 2.22. The molecule has 1 aliphatic carbocycles. The molecular weight excluding hydrogens is 471 g/mol. The Morgan fingerprint density at radius 1 is 1.26 bits per heavy atom. The van der Waals surface area contributed by atoms with Gasteiger partial charge in [-0.3, -0.25) is 4.99 Å². The fraction of sp³-hybridized carbons (Fsp3) is 0.500. The van der Waals surface area contributed by atoms with Gasteiger partial charge in [-0.25, -0.2) is 4.98 Å². The molecule has 0 amide bonds. The van der Waals surface area contributed by atoms with Crippen molar-refractivity contribution in [2.24, 2.45) is 10.9 Å².